The Labute approximate surface area is 93.2 Å². The minimum Gasteiger partial charge on any atom is -0.212 e. The second-order valence-corrected chi connectivity index (χ2v) is 6.43. The maximum absolute atomic E-state index is 11.8. The Bertz CT molecular complexity index is 311. The molecule has 2 rings (SSSR count). The summed E-state index contributed by atoms with van der Waals surface area (Å²) in [5, 5.41) is -0.0530. The second kappa shape index (κ2) is 4.66. The average Bonchev–Trinajstić information content (AvgIpc) is 3.01. The van der Waals surface area contributed by atoms with Crippen molar-refractivity contribution in [3.8, 4) is 0 Å². The summed E-state index contributed by atoms with van der Waals surface area (Å²) in [6.45, 7) is 5.13. The highest BCUT2D eigenvalue weighted by Crippen LogP contribution is 2.33. The maximum Gasteiger partial charge on any atom is 0.216 e. The standard InChI is InChI=1S/C10H17NO2S.CH4/c1-2-9-5-7-11(8-6-9)14(12,13)10-3-4-10;/h2,9-10H,1,3-8H2;1H4. The van der Waals surface area contributed by atoms with Gasteiger partial charge in [0.25, 0.3) is 0 Å². The van der Waals surface area contributed by atoms with E-state index >= 15 is 0 Å². The van der Waals surface area contributed by atoms with E-state index in [-0.39, 0.29) is 12.7 Å². The summed E-state index contributed by atoms with van der Waals surface area (Å²) in [5.74, 6) is 0.514. The number of hydrogen-bond donors (Lipinski definition) is 0. The lowest BCUT2D eigenvalue weighted by Crippen LogP contribution is -2.39. The molecule has 3 nitrogen and oxygen atoms in total. The highest BCUT2D eigenvalue weighted by atomic mass is 32.2. The van der Waals surface area contributed by atoms with Gasteiger partial charge in [0, 0.05) is 13.1 Å². The summed E-state index contributed by atoms with van der Waals surface area (Å²) in [6.07, 6.45) is 5.55. The smallest absolute Gasteiger partial charge is 0.212 e. The molecule has 0 N–H and O–H groups in total. The molecule has 0 radical (unpaired) electrons. The van der Waals surface area contributed by atoms with Crippen LogP contribution >= 0.6 is 0 Å². The predicted molar refractivity (Wildman–Crippen MR) is 63.2 cm³/mol. The highest BCUT2D eigenvalue weighted by Gasteiger charge is 2.40. The fraction of sp³-hybridized carbons (Fsp3) is 0.818. The quantitative estimate of drug-likeness (QED) is 0.697. The molecule has 1 saturated carbocycles. The van der Waals surface area contributed by atoms with Crippen LogP contribution in [0.5, 0.6) is 0 Å². The molecule has 88 valence electrons. The van der Waals surface area contributed by atoms with Gasteiger partial charge in [0.15, 0.2) is 0 Å². The SMILES string of the molecule is C.C=CC1CCN(S(=O)(=O)C2CC2)CC1. The fourth-order valence-corrected chi connectivity index (χ4v) is 3.82. The maximum atomic E-state index is 11.8. The van der Waals surface area contributed by atoms with Crippen LogP contribution in [0.15, 0.2) is 12.7 Å². The van der Waals surface area contributed by atoms with Gasteiger partial charge in [-0.25, -0.2) is 12.7 Å². The van der Waals surface area contributed by atoms with Crippen molar-refractivity contribution in [3.05, 3.63) is 12.7 Å². The Hall–Kier alpha value is -0.350. The molecule has 0 unspecified atom stereocenters. The monoisotopic (exact) mass is 231 g/mol. The number of piperidine rings is 1. The highest BCUT2D eigenvalue weighted by molar-refractivity contribution is 7.90. The summed E-state index contributed by atoms with van der Waals surface area (Å²) in [6, 6.07) is 0. The van der Waals surface area contributed by atoms with Crippen LogP contribution in [-0.4, -0.2) is 31.1 Å². The van der Waals surface area contributed by atoms with E-state index in [1.165, 1.54) is 0 Å². The van der Waals surface area contributed by atoms with Crippen molar-refractivity contribution in [2.75, 3.05) is 13.1 Å². The van der Waals surface area contributed by atoms with Gasteiger partial charge in [0.2, 0.25) is 10.0 Å². The number of sulfonamides is 1. The first-order valence-corrected chi connectivity index (χ1v) is 6.76. The first kappa shape index (κ1) is 12.7. The van der Waals surface area contributed by atoms with E-state index in [0.29, 0.717) is 19.0 Å². The normalized spacial score (nSPS) is 24.5. The summed E-state index contributed by atoms with van der Waals surface area (Å²) in [4.78, 5) is 0. The van der Waals surface area contributed by atoms with Gasteiger partial charge in [-0.15, -0.1) is 6.58 Å². The average molecular weight is 231 g/mol. The largest absolute Gasteiger partial charge is 0.216 e. The molecular formula is C11H21NO2S. The van der Waals surface area contributed by atoms with Crippen LogP contribution in [0.2, 0.25) is 0 Å². The van der Waals surface area contributed by atoms with Crippen LogP contribution in [0.1, 0.15) is 33.1 Å². The molecule has 1 aliphatic heterocycles. The van der Waals surface area contributed by atoms with Crippen molar-refractivity contribution >= 4 is 10.0 Å². The summed E-state index contributed by atoms with van der Waals surface area (Å²) < 4.78 is 25.4. The second-order valence-electron chi connectivity index (χ2n) is 4.22. The van der Waals surface area contributed by atoms with Crippen LogP contribution in [0.3, 0.4) is 0 Å². The van der Waals surface area contributed by atoms with Gasteiger partial charge in [-0.3, -0.25) is 0 Å². The summed E-state index contributed by atoms with van der Waals surface area (Å²) >= 11 is 0. The molecule has 0 aromatic rings. The molecule has 1 heterocycles. The molecular weight excluding hydrogens is 210 g/mol. The van der Waals surface area contributed by atoms with Crippen LogP contribution in [0.25, 0.3) is 0 Å². The topological polar surface area (TPSA) is 37.4 Å². The Morgan fingerprint density at radius 3 is 2.07 bits per heavy atom. The van der Waals surface area contributed by atoms with Crippen LogP contribution in [-0.2, 0) is 10.0 Å². The first-order valence-electron chi connectivity index (χ1n) is 5.26. The lowest BCUT2D eigenvalue weighted by molar-refractivity contribution is 0.305. The zero-order valence-electron chi connectivity index (χ0n) is 8.35. The minimum atomic E-state index is -2.92. The fourth-order valence-electron chi connectivity index (χ4n) is 1.94. The molecule has 0 spiro atoms. The number of rotatable bonds is 3. The van der Waals surface area contributed by atoms with Crippen molar-refractivity contribution in [1.82, 2.24) is 4.31 Å². The zero-order chi connectivity index (χ0) is 10.2. The molecule has 0 aromatic carbocycles. The minimum absolute atomic E-state index is 0. The van der Waals surface area contributed by atoms with Crippen LogP contribution in [0.4, 0.5) is 0 Å². The molecule has 0 aromatic heterocycles. The van der Waals surface area contributed by atoms with Gasteiger partial charge in [-0.05, 0) is 31.6 Å². The molecule has 4 heteroatoms. The predicted octanol–water partition coefficient (Wildman–Crippen LogP) is 2.01. The van der Waals surface area contributed by atoms with Crippen LogP contribution in [0, 0.1) is 5.92 Å². The lowest BCUT2D eigenvalue weighted by Gasteiger charge is -2.29. The van der Waals surface area contributed by atoms with Crippen molar-refractivity contribution in [2.45, 2.75) is 38.4 Å². The summed E-state index contributed by atoms with van der Waals surface area (Å²) in [5.41, 5.74) is 0. The molecule has 1 aliphatic carbocycles. The molecule has 0 amide bonds. The molecule has 2 aliphatic rings. The van der Waals surface area contributed by atoms with Crippen molar-refractivity contribution in [1.29, 1.82) is 0 Å². The van der Waals surface area contributed by atoms with Gasteiger partial charge in [-0.1, -0.05) is 13.5 Å². The Morgan fingerprint density at radius 2 is 1.67 bits per heavy atom. The van der Waals surface area contributed by atoms with Crippen molar-refractivity contribution in [3.63, 3.8) is 0 Å². The van der Waals surface area contributed by atoms with Gasteiger partial charge in [0.1, 0.15) is 0 Å². The van der Waals surface area contributed by atoms with E-state index in [2.05, 4.69) is 6.58 Å². The Kier molecular flexibility index (Phi) is 3.95. The van der Waals surface area contributed by atoms with E-state index in [0.717, 1.165) is 25.7 Å². The van der Waals surface area contributed by atoms with E-state index in [9.17, 15) is 8.42 Å². The molecule has 0 bridgehead atoms. The molecule has 0 atom stereocenters. The third-order valence-corrected chi connectivity index (χ3v) is 5.54. The van der Waals surface area contributed by atoms with E-state index in [1.807, 2.05) is 6.08 Å². The van der Waals surface area contributed by atoms with Crippen molar-refractivity contribution < 1.29 is 8.42 Å². The lowest BCUT2D eigenvalue weighted by atomic mass is 9.99. The molecule has 2 fully saturated rings. The number of hydrogen-bond acceptors (Lipinski definition) is 2. The van der Waals surface area contributed by atoms with Crippen LogP contribution < -0.4 is 0 Å². The number of allylic oxidation sites excluding steroid dienone is 1. The van der Waals surface area contributed by atoms with Gasteiger partial charge < -0.3 is 0 Å². The van der Waals surface area contributed by atoms with Gasteiger partial charge >= 0.3 is 0 Å². The first-order chi connectivity index (χ1) is 6.64. The Morgan fingerprint density at radius 1 is 1.13 bits per heavy atom. The zero-order valence-corrected chi connectivity index (χ0v) is 9.17. The third kappa shape index (κ3) is 2.61. The molecule has 15 heavy (non-hydrogen) atoms. The third-order valence-electron chi connectivity index (χ3n) is 3.14. The van der Waals surface area contributed by atoms with Gasteiger partial charge in [0.05, 0.1) is 5.25 Å². The van der Waals surface area contributed by atoms with E-state index in [4.69, 9.17) is 0 Å². The summed E-state index contributed by atoms with van der Waals surface area (Å²) in [7, 11) is -2.92. The van der Waals surface area contributed by atoms with E-state index < -0.39 is 10.0 Å². The Balaban J connectivity index is 0.00000112. The van der Waals surface area contributed by atoms with E-state index in [1.54, 1.807) is 4.31 Å². The van der Waals surface area contributed by atoms with Gasteiger partial charge in [-0.2, -0.15) is 0 Å². The van der Waals surface area contributed by atoms with Crippen molar-refractivity contribution in [2.24, 2.45) is 5.92 Å². The number of nitrogens with zero attached hydrogens (tertiary/aromatic N) is 1. The molecule has 1 saturated heterocycles.